The number of hydrogen-bond donors (Lipinski definition) is 1. The summed E-state index contributed by atoms with van der Waals surface area (Å²) in [6.07, 6.45) is 0. The second kappa shape index (κ2) is 7.02. The van der Waals surface area contributed by atoms with Crippen molar-refractivity contribution in [3.05, 3.63) is 49.0 Å². The maximum absolute atomic E-state index is 12.5. The van der Waals surface area contributed by atoms with Crippen LogP contribution in [0.5, 0.6) is 0 Å². The van der Waals surface area contributed by atoms with Gasteiger partial charge < -0.3 is 4.90 Å². The van der Waals surface area contributed by atoms with E-state index in [-0.39, 0.29) is 16.8 Å². The maximum atomic E-state index is 12.5. The molecule has 1 atom stereocenters. The summed E-state index contributed by atoms with van der Waals surface area (Å²) >= 11 is 8.09. The van der Waals surface area contributed by atoms with Crippen molar-refractivity contribution in [1.82, 2.24) is 4.90 Å². The Morgan fingerprint density at radius 1 is 1.26 bits per heavy atom. The van der Waals surface area contributed by atoms with Gasteiger partial charge in [-0.15, -0.1) is 11.3 Å². The molecule has 2 aromatic rings. The number of primary sulfonamides is 1. The largest absolute Gasteiger partial charge is 0.334 e. The highest BCUT2D eigenvalue weighted by Crippen LogP contribution is 2.34. The Morgan fingerprint density at radius 3 is 2.26 bits per heavy atom. The van der Waals surface area contributed by atoms with Crippen LogP contribution >= 0.6 is 43.2 Å². The maximum Gasteiger partial charge on any atom is 0.264 e. The number of hydrogen-bond acceptors (Lipinski definition) is 4. The van der Waals surface area contributed by atoms with Crippen molar-refractivity contribution < 1.29 is 13.2 Å². The molecule has 0 saturated heterocycles. The van der Waals surface area contributed by atoms with Gasteiger partial charge in [0, 0.05) is 11.5 Å². The molecule has 124 valence electrons. The predicted molar refractivity (Wildman–Crippen MR) is 98.0 cm³/mol. The number of benzene rings is 1. The number of carbonyl (C=O) groups is 1. The Labute approximate surface area is 155 Å². The van der Waals surface area contributed by atoms with Gasteiger partial charge in [0.2, 0.25) is 10.0 Å². The Morgan fingerprint density at radius 2 is 1.83 bits per heavy atom. The molecule has 1 amide bonds. The molecule has 0 saturated carbocycles. The molecule has 1 aromatic heterocycles. The number of carbonyl (C=O) groups excluding carboxylic acids is 1. The minimum Gasteiger partial charge on any atom is -0.334 e. The third-order valence-electron chi connectivity index (χ3n) is 3.45. The monoisotopic (exact) mass is 480 g/mol. The number of amides is 1. The molecule has 2 N–H and O–H groups in total. The third kappa shape index (κ3) is 4.21. The highest BCUT2D eigenvalue weighted by molar-refractivity contribution is 9.13. The summed E-state index contributed by atoms with van der Waals surface area (Å²) in [5, 5.41) is 5.08. The zero-order valence-electron chi connectivity index (χ0n) is 12.3. The van der Waals surface area contributed by atoms with Crippen molar-refractivity contribution in [3.63, 3.8) is 0 Å². The van der Waals surface area contributed by atoms with Crippen LogP contribution in [0.15, 0.2) is 43.5 Å². The first-order valence-electron chi connectivity index (χ1n) is 6.46. The van der Waals surface area contributed by atoms with Crippen molar-refractivity contribution in [2.24, 2.45) is 5.14 Å². The topological polar surface area (TPSA) is 80.5 Å². The van der Waals surface area contributed by atoms with Crippen LogP contribution in [0, 0.1) is 0 Å². The van der Waals surface area contributed by atoms with E-state index in [0.29, 0.717) is 4.88 Å². The van der Waals surface area contributed by atoms with Gasteiger partial charge in [-0.3, -0.25) is 4.79 Å². The van der Waals surface area contributed by atoms with Gasteiger partial charge in [0.15, 0.2) is 0 Å². The summed E-state index contributed by atoms with van der Waals surface area (Å²) in [5.41, 5.74) is 0.822. The van der Waals surface area contributed by atoms with Crippen LogP contribution in [0.2, 0.25) is 0 Å². The van der Waals surface area contributed by atoms with E-state index in [2.05, 4.69) is 31.9 Å². The molecule has 23 heavy (non-hydrogen) atoms. The summed E-state index contributed by atoms with van der Waals surface area (Å²) in [6, 6.07) is 7.76. The predicted octanol–water partition coefficient (Wildman–Crippen LogP) is 3.75. The molecule has 1 aromatic carbocycles. The van der Waals surface area contributed by atoms with Gasteiger partial charge in [-0.25, -0.2) is 13.6 Å². The van der Waals surface area contributed by atoms with Crippen LogP contribution in [-0.2, 0) is 10.0 Å². The standard InChI is InChI=1S/C14H14Br2N2O3S2/c1-8(9-3-5-10(6-4-9)23(17,20)21)18(2)14(19)12-7-11(15)13(16)22-12/h3-8H,1-2H3,(H2,17,20,21). The van der Waals surface area contributed by atoms with Crippen molar-refractivity contribution in [1.29, 1.82) is 0 Å². The van der Waals surface area contributed by atoms with E-state index in [9.17, 15) is 13.2 Å². The molecular weight excluding hydrogens is 468 g/mol. The van der Waals surface area contributed by atoms with Gasteiger partial charge in [-0.2, -0.15) is 0 Å². The van der Waals surface area contributed by atoms with Crippen LogP contribution in [0.4, 0.5) is 0 Å². The number of nitrogens with two attached hydrogens (primary N) is 1. The van der Waals surface area contributed by atoms with Crippen molar-refractivity contribution in [2.45, 2.75) is 17.9 Å². The third-order valence-corrected chi connectivity index (χ3v) is 7.62. The SMILES string of the molecule is CC(c1ccc(S(N)(=O)=O)cc1)N(C)C(=O)c1cc(Br)c(Br)s1. The Hall–Kier alpha value is -0.740. The zero-order valence-corrected chi connectivity index (χ0v) is 17.1. The minimum absolute atomic E-state index is 0.0496. The van der Waals surface area contributed by atoms with Crippen molar-refractivity contribution in [3.8, 4) is 0 Å². The van der Waals surface area contributed by atoms with Crippen LogP contribution < -0.4 is 5.14 Å². The average Bonchev–Trinajstić information content (AvgIpc) is 2.83. The van der Waals surface area contributed by atoms with Crippen molar-refractivity contribution >= 4 is 59.1 Å². The highest BCUT2D eigenvalue weighted by atomic mass is 79.9. The molecule has 0 aliphatic carbocycles. The van der Waals surface area contributed by atoms with Gasteiger partial charge in [0.25, 0.3) is 5.91 Å². The van der Waals surface area contributed by atoms with E-state index in [1.165, 1.54) is 23.5 Å². The smallest absolute Gasteiger partial charge is 0.264 e. The molecule has 0 aliphatic heterocycles. The first-order chi connectivity index (χ1) is 10.6. The molecule has 0 bridgehead atoms. The van der Waals surface area contributed by atoms with E-state index in [4.69, 9.17) is 5.14 Å². The minimum atomic E-state index is -3.72. The zero-order chi connectivity index (χ0) is 17.4. The first-order valence-corrected chi connectivity index (χ1v) is 10.4. The lowest BCUT2D eigenvalue weighted by Gasteiger charge is -2.25. The number of halogens is 2. The van der Waals surface area contributed by atoms with Gasteiger partial charge in [-0.05, 0) is 62.5 Å². The molecule has 0 fully saturated rings. The van der Waals surface area contributed by atoms with E-state index in [1.54, 1.807) is 30.1 Å². The normalized spacial score (nSPS) is 12.9. The van der Waals surface area contributed by atoms with Crippen LogP contribution in [-0.4, -0.2) is 26.3 Å². The molecule has 0 radical (unpaired) electrons. The number of nitrogens with zero attached hydrogens (tertiary/aromatic N) is 1. The molecule has 0 aliphatic rings. The fourth-order valence-electron chi connectivity index (χ4n) is 1.96. The quantitative estimate of drug-likeness (QED) is 0.721. The molecular formula is C14H14Br2N2O3S2. The lowest BCUT2D eigenvalue weighted by Crippen LogP contribution is -2.29. The van der Waals surface area contributed by atoms with E-state index < -0.39 is 10.0 Å². The molecule has 2 rings (SSSR count). The van der Waals surface area contributed by atoms with Crippen LogP contribution in [0.25, 0.3) is 0 Å². The number of rotatable bonds is 4. The number of thiophene rings is 1. The summed E-state index contributed by atoms with van der Waals surface area (Å²) in [7, 11) is -2.01. The highest BCUT2D eigenvalue weighted by Gasteiger charge is 2.21. The number of sulfonamides is 1. The fourth-order valence-corrected chi connectivity index (χ4v) is 4.50. The van der Waals surface area contributed by atoms with E-state index in [0.717, 1.165) is 13.8 Å². The van der Waals surface area contributed by atoms with E-state index >= 15 is 0 Å². The fraction of sp³-hybridized carbons (Fsp3) is 0.214. The Bertz CT molecular complexity index is 813. The summed E-state index contributed by atoms with van der Waals surface area (Å²) in [5.74, 6) is -0.107. The van der Waals surface area contributed by atoms with Crippen molar-refractivity contribution in [2.75, 3.05) is 7.05 Å². The first kappa shape index (κ1) is 18.6. The van der Waals surface area contributed by atoms with Crippen LogP contribution in [0.1, 0.15) is 28.2 Å². The second-order valence-corrected chi connectivity index (χ2v) is 9.72. The van der Waals surface area contributed by atoms with Gasteiger partial charge in [-0.1, -0.05) is 12.1 Å². The Kier molecular flexibility index (Phi) is 5.68. The van der Waals surface area contributed by atoms with Gasteiger partial charge in [0.1, 0.15) is 0 Å². The van der Waals surface area contributed by atoms with Gasteiger partial charge >= 0.3 is 0 Å². The Balaban J connectivity index is 2.22. The summed E-state index contributed by atoms with van der Waals surface area (Å²) in [4.78, 5) is 14.8. The summed E-state index contributed by atoms with van der Waals surface area (Å²) in [6.45, 7) is 1.88. The van der Waals surface area contributed by atoms with Gasteiger partial charge in [0.05, 0.1) is 19.6 Å². The van der Waals surface area contributed by atoms with Crippen LogP contribution in [0.3, 0.4) is 0 Å². The average molecular weight is 482 g/mol. The lowest BCUT2D eigenvalue weighted by molar-refractivity contribution is 0.0747. The molecule has 5 nitrogen and oxygen atoms in total. The second-order valence-electron chi connectivity index (χ2n) is 4.94. The molecule has 1 heterocycles. The summed E-state index contributed by atoms with van der Waals surface area (Å²) < 4.78 is 24.3. The van der Waals surface area contributed by atoms with E-state index in [1.807, 2.05) is 6.92 Å². The lowest BCUT2D eigenvalue weighted by atomic mass is 10.1. The molecule has 0 spiro atoms. The molecule has 1 unspecified atom stereocenters. The molecule has 9 heteroatoms.